The van der Waals surface area contributed by atoms with Gasteiger partial charge in [-0.15, -0.1) is 0 Å². The van der Waals surface area contributed by atoms with Crippen LogP contribution in [0.5, 0.6) is 5.75 Å². The van der Waals surface area contributed by atoms with Gasteiger partial charge in [0.1, 0.15) is 11.6 Å². The van der Waals surface area contributed by atoms with Crippen LogP contribution < -0.4 is 4.74 Å². The first-order valence-corrected chi connectivity index (χ1v) is 11.1. The number of rotatable bonds is 6. The molecular weight excluding hydrogens is 395 g/mol. The Morgan fingerprint density at radius 2 is 1.71 bits per heavy atom. The van der Waals surface area contributed by atoms with Crippen LogP contribution in [-0.4, -0.2) is 66.1 Å². The number of ketones is 1. The zero-order valence-corrected chi connectivity index (χ0v) is 18.0. The number of carbonyl (C=O) groups excluding carboxylic acids is 1. The van der Waals surface area contributed by atoms with E-state index in [-0.39, 0.29) is 29.7 Å². The predicted octanol–water partition coefficient (Wildman–Crippen LogP) is 3.36. The molecule has 4 rings (SSSR count). The lowest BCUT2D eigenvalue weighted by atomic mass is 9.87. The van der Waals surface area contributed by atoms with Crippen molar-refractivity contribution < 1.29 is 19.0 Å². The van der Waals surface area contributed by atoms with Crippen molar-refractivity contribution in [1.82, 2.24) is 9.80 Å². The number of Topliss-reactive ketones (excluding diaryl/α,β-unsaturated/α-hetero) is 1. The normalized spacial score (nSPS) is 23.6. The van der Waals surface area contributed by atoms with E-state index in [9.17, 15) is 14.3 Å². The van der Waals surface area contributed by atoms with Crippen molar-refractivity contribution in [2.24, 2.45) is 5.92 Å². The molecule has 2 aromatic rings. The summed E-state index contributed by atoms with van der Waals surface area (Å²) in [6.07, 6.45) is 2.01. The van der Waals surface area contributed by atoms with Gasteiger partial charge in [-0.05, 0) is 74.3 Å². The van der Waals surface area contributed by atoms with E-state index < -0.39 is 0 Å². The maximum atomic E-state index is 13.2. The van der Waals surface area contributed by atoms with E-state index in [1.54, 1.807) is 7.11 Å². The molecule has 2 atom stereocenters. The van der Waals surface area contributed by atoms with Crippen LogP contribution in [0.4, 0.5) is 4.39 Å². The summed E-state index contributed by atoms with van der Waals surface area (Å²) in [6, 6.07) is 14.1. The highest BCUT2D eigenvalue weighted by Crippen LogP contribution is 2.27. The molecule has 0 radical (unpaired) electrons. The lowest BCUT2D eigenvalue weighted by molar-refractivity contribution is -0.0243. The third kappa shape index (κ3) is 5.32. The summed E-state index contributed by atoms with van der Waals surface area (Å²) in [7, 11) is 1.62. The lowest BCUT2D eigenvalue weighted by Crippen LogP contribution is -2.56. The summed E-state index contributed by atoms with van der Waals surface area (Å²) in [5, 5.41) is 10.6. The van der Waals surface area contributed by atoms with Crippen molar-refractivity contribution in [3.63, 3.8) is 0 Å². The minimum atomic E-state index is -0.349. The van der Waals surface area contributed by atoms with Crippen LogP contribution >= 0.6 is 0 Å². The minimum absolute atomic E-state index is 0.0284. The first kappa shape index (κ1) is 21.9. The molecule has 2 heterocycles. The first-order valence-electron chi connectivity index (χ1n) is 11.1. The number of methoxy groups -OCH3 is 1. The van der Waals surface area contributed by atoms with Gasteiger partial charge < -0.3 is 9.84 Å². The molecule has 2 aliphatic rings. The molecule has 1 N–H and O–H groups in total. The molecule has 0 bridgehead atoms. The molecule has 0 aliphatic carbocycles. The second-order valence-electron chi connectivity index (χ2n) is 8.69. The summed E-state index contributed by atoms with van der Waals surface area (Å²) in [4.78, 5) is 17.6. The average molecular weight is 427 g/mol. The molecule has 2 aliphatic heterocycles. The number of hydrogen-bond donors (Lipinski definition) is 1. The SMILES string of the molecule is COc1ccc(C(=O)C2CCN([C@H]3CN(Cc4ccc(F)cc4)CC[C@@H]3O)CC2)cc1. The standard InChI is InChI=1S/C25H31FN2O3/c1-31-22-8-4-19(5-9-22)25(30)20-10-14-28(15-11-20)23-17-27(13-12-24(23)29)16-18-2-6-21(26)7-3-18/h2-9,20,23-24,29H,10-17H2,1H3/t23-,24-/m0/s1. The molecule has 166 valence electrons. The Bertz CT molecular complexity index is 863. The number of aliphatic hydroxyl groups is 1. The van der Waals surface area contributed by atoms with Gasteiger partial charge in [-0.25, -0.2) is 4.39 Å². The average Bonchev–Trinajstić information content (AvgIpc) is 2.81. The van der Waals surface area contributed by atoms with Gasteiger partial charge in [-0.1, -0.05) is 12.1 Å². The summed E-state index contributed by atoms with van der Waals surface area (Å²) in [5.74, 6) is 0.760. The van der Waals surface area contributed by atoms with Crippen LogP contribution in [0.25, 0.3) is 0 Å². The lowest BCUT2D eigenvalue weighted by Gasteiger charge is -2.44. The van der Waals surface area contributed by atoms with E-state index in [0.29, 0.717) is 0 Å². The molecule has 0 amide bonds. The zero-order valence-electron chi connectivity index (χ0n) is 18.0. The zero-order chi connectivity index (χ0) is 21.8. The Labute approximate surface area is 183 Å². The van der Waals surface area contributed by atoms with Crippen LogP contribution in [-0.2, 0) is 6.54 Å². The number of aliphatic hydroxyl groups excluding tert-OH is 1. The molecule has 2 fully saturated rings. The Morgan fingerprint density at radius 3 is 2.35 bits per heavy atom. The van der Waals surface area contributed by atoms with Crippen molar-refractivity contribution in [2.75, 3.05) is 33.3 Å². The highest BCUT2D eigenvalue weighted by atomic mass is 19.1. The maximum Gasteiger partial charge on any atom is 0.166 e. The molecule has 5 nitrogen and oxygen atoms in total. The summed E-state index contributed by atoms with van der Waals surface area (Å²) < 4.78 is 18.3. The molecule has 0 unspecified atom stereocenters. The minimum Gasteiger partial charge on any atom is -0.497 e. The monoisotopic (exact) mass is 426 g/mol. The van der Waals surface area contributed by atoms with E-state index in [1.807, 2.05) is 36.4 Å². The highest BCUT2D eigenvalue weighted by molar-refractivity contribution is 5.98. The van der Waals surface area contributed by atoms with Gasteiger partial charge in [0.25, 0.3) is 0 Å². The molecule has 2 aromatic carbocycles. The summed E-state index contributed by atoms with van der Waals surface area (Å²) in [5.41, 5.74) is 1.82. The number of nitrogens with zero attached hydrogens (tertiary/aromatic N) is 2. The van der Waals surface area contributed by atoms with Crippen molar-refractivity contribution in [2.45, 2.75) is 38.0 Å². The van der Waals surface area contributed by atoms with Crippen molar-refractivity contribution in [1.29, 1.82) is 0 Å². The highest BCUT2D eigenvalue weighted by Gasteiger charge is 2.35. The number of piperidine rings is 2. The molecule has 2 saturated heterocycles. The van der Waals surface area contributed by atoms with E-state index in [2.05, 4.69) is 9.80 Å². The first-order chi connectivity index (χ1) is 15.0. The van der Waals surface area contributed by atoms with Gasteiger partial charge in [-0.2, -0.15) is 0 Å². The second-order valence-corrected chi connectivity index (χ2v) is 8.69. The fraction of sp³-hybridized carbons (Fsp3) is 0.480. The fourth-order valence-corrected chi connectivity index (χ4v) is 4.82. The van der Waals surface area contributed by atoms with Gasteiger partial charge in [0.05, 0.1) is 13.2 Å². The van der Waals surface area contributed by atoms with Crippen LogP contribution in [0, 0.1) is 11.7 Å². The Kier molecular flexibility index (Phi) is 7.00. The quantitative estimate of drug-likeness (QED) is 0.718. The summed E-state index contributed by atoms with van der Waals surface area (Å²) in [6.45, 7) is 4.02. The number of hydrogen-bond acceptors (Lipinski definition) is 5. The Hall–Kier alpha value is -2.28. The smallest absolute Gasteiger partial charge is 0.166 e. The fourth-order valence-electron chi connectivity index (χ4n) is 4.82. The second kappa shape index (κ2) is 9.90. The number of likely N-dealkylation sites (tertiary alicyclic amines) is 2. The molecule has 0 aromatic heterocycles. The largest absolute Gasteiger partial charge is 0.497 e. The Morgan fingerprint density at radius 1 is 1.03 bits per heavy atom. The van der Waals surface area contributed by atoms with Crippen LogP contribution in [0.15, 0.2) is 48.5 Å². The number of benzene rings is 2. The van der Waals surface area contributed by atoms with E-state index >= 15 is 0 Å². The topological polar surface area (TPSA) is 53.0 Å². The molecule has 31 heavy (non-hydrogen) atoms. The van der Waals surface area contributed by atoms with Gasteiger partial charge in [0.15, 0.2) is 5.78 Å². The Balaban J connectivity index is 1.32. The number of ether oxygens (including phenoxy) is 1. The van der Waals surface area contributed by atoms with Gasteiger partial charge >= 0.3 is 0 Å². The third-order valence-electron chi connectivity index (χ3n) is 6.69. The van der Waals surface area contributed by atoms with Gasteiger partial charge in [-0.3, -0.25) is 14.6 Å². The molecular formula is C25H31FN2O3. The van der Waals surface area contributed by atoms with Crippen molar-refractivity contribution >= 4 is 5.78 Å². The van der Waals surface area contributed by atoms with Crippen molar-refractivity contribution in [3.05, 3.63) is 65.5 Å². The number of carbonyl (C=O) groups is 1. The molecule has 0 saturated carbocycles. The van der Waals surface area contributed by atoms with E-state index in [1.165, 1.54) is 12.1 Å². The van der Waals surface area contributed by atoms with Crippen LogP contribution in [0.1, 0.15) is 35.2 Å². The van der Waals surface area contributed by atoms with Crippen molar-refractivity contribution in [3.8, 4) is 5.75 Å². The van der Waals surface area contributed by atoms with Gasteiger partial charge in [0.2, 0.25) is 0 Å². The predicted molar refractivity (Wildman–Crippen MR) is 118 cm³/mol. The maximum absolute atomic E-state index is 13.2. The van der Waals surface area contributed by atoms with Crippen LogP contribution in [0.3, 0.4) is 0 Å². The molecule has 6 heteroatoms. The van der Waals surface area contributed by atoms with Gasteiger partial charge in [0, 0.05) is 37.2 Å². The molecule has 0 spiro atoms. The third-order valence-corrected chi connectivity index (χ3v) is 6.69. The van der Waals surface area contributed by atoms with Crippen LogP contribution in [0.2, 0.25) is 0 Å². The summed E-state index contributed by atoms with van der Waals surface area (Å²) >= 11 is 0. The van der Waals surface area contributed by atoms with E-state index in [0.717, 1.165) is 68.9 Å². The number of halogens is 1. The van der Waals surface area contributed by atoms with E-state index in [4.69, 9.17) is 4.74 Å².